The third kappa shape index (κ3) is 9.03. The molecule has 0 saturated carbocycles. The summed E-state index contributed by atoms with van der Waals surface area (Å²) in [6.07, 6.45) is 0. The van der Waals surface area contributed by atoms with E-state index in [1.807, 2.05) is 0 Å². The molecule has 0 heterocycles. The Labute approximate surface area is 46.3 Å². The first-order valence-corrected chi connectivity index (χ1v) is 1.19. The van der Waals surface area contributed by atoms with E-state index in [1.54, 1.807) is 0 Å². The molecule has 0 aromatic rings. The van der Waals surface area contributed by atoms with Gasteiger partial charge in [0, 0.05) is 0 Å². The molecule has 4 heteroatoms. The van der Waals surface area contributed by atoms with E-state index in [1.165, 1.54) is 0 Å². The van der Waals surface area contributed by atoms with Crippen LogP contribution in [0.15, 0.2) is 0 Å². The molecule has 0 atom stereocenters. The van der Waals surface area contributed by atoms with Crippen molar-refractivity contribution in [1.82, 2.24) is 0 Å². The van der Waals surface area contributed by atoms with Gasteiger partial charge in [0.1, 0.15) is 0 Å². The summed E-state index contributed by atoms with van der Waals surface area (Å²) in [5.74, 6) is -0.968. The van der Waals surface area contributed by atoms with Crippen molar-refractivity contribution in [3.63, 3.8) is 0 Å². The van der Waals surface area contributed by atoms with Crippen molar-refractivity contribution in [3.05, 3.63) is 0 Å². The molecule has 0 rings (SSSR count). The maximum Gasteiger partial charge on any atom is 3.00 e. The van der Waals surface area contributed by atoms with Crippen molar-refractivity contribution >= 4 is 23.3 Å². The number of hydrogen-bond acceptors (Lipinski definition) is 2. The van der Waals surface area contributed by atoms with E-state index in [0.29, 0.717) is 0 Å². The van der Waals surface area contributed by atoms with E-state index >= 15 is 0 Å². The summed E-state index contributed by atoms with van der Waals surface area (Å²) in [6.45, 7) is -0.278. The van der Waals surface area contributed by atoms with Crippen LogP contribution in [0.2, 0.25) is 0 Å². The Balaban J connectivity index is 0. The standard InChI is InChI=1S/C2H5NO2.Al/c3-1-2(4)5;/h1,3H2,(H,4,5);/q;+3. The number of carboxylic acid groups (broad SMARTS) is 1. The van der Waals surface area contributed by atoms with E-state index in [-0.39, 0.29) is 23.9 Å². The van der Waals surface area contributed by atoms with Crippen molar-refractivity contribution in [2.45, 2.75) is 0 Å². The molecule has 0 aliphatic carbocycles. The molecular formula is C2H5AlNO2+3. The summed E-state index contributed by atoms with van der Waals surface area (Å²) in [5, 5.41) is 7.60. The third-order valence-corrected chi connectivity index (χ3v) is 0.175. The van der Waals surface area contributed by atoms with Crippen molar-refractivity contribution < 1.29 is 9.90 Å². The Morgan fingerprint density at radius 1 is 1.83 bits per heavy atom. The van der Waals surface area contributed by atoms with Crippen LogP contribution in [0.25, 0.3) is 0 Å². The van der Waals surface area contributed by atoms with Crippen LogP contribution in [0.1, 0.15) is 0 Å². The Bertz CT molecular complexity index is 46.8. The molecule has 3 nitrogen and oxygen atoms in total. The fourth-order valence-corrected chi connectivity index (χ4v) is 0. The van der Waals surface area contributed by atoms with E-state index < -0.39 is 5.97 Å². The summed E-state index contributed by atoms with van der Waals surface area (Å²) >= 11 is 0. The molecule has 0 fully saturated rings. The Hall–Kier alpha value is -0.0375. The van der Waals surface area contributed by atoms with E-state index in [0.717, 1.165) is 0 Å². The average Bonchev–Trinajstić information content (AvgIpc) is 1.38. The van der Waals surface area contributed by atoms with Crippen LogP contribution in [0.3, 0.4) is 0 Å². The molecule has 0 saturated heterocycles. The maximum absolute atomic E-state index is 9.24. The zero-order valence-corrected chi connectivity index (χ0v) is 4.37. The number of hydrogen-bond donors (Lipinski definition) is 2. The molecule has 0 aromatic carbocycles. The number of rotatable bonds is 1. The zero-order chi connectivity index (χ0) is 4.28. The smallest absolute Gasteiger partial charge is 0.480 e. The molecular weight excluding hydrogens is 97.0 g/mol. The quantitative estimate of drug-likeness (QED) is 0.402. The van der Waals surface area contributed by atoms with E-state index in [4.69, 9.17) is 5.11 Å². The van der Waals surface area contributed by atoms with Gasteiger partial charge in [-0.15, -0.1) is 0 Å². The maximum atomic E-state index is 9.24. The number of carboxylic acids is 1. The molecule has 0 bridgehead atoms. The van der Waals surface area contributed by atoms with Crippen molar-refractivity contribution in [2.24, 2.45) is 5.73 Å². The molecule has 3 N–H and O–H groups in total. The summed E-state index contributed by atoms with van der Waals surface area (Å²) in [5.41, 5.74) is 4.57. The second-order valence-electron chi connectivity index (χ2n) is 0.598. The molecule has 0 aromatic heterocycles. The predicted octanol–water partition coefficient (Wildman–Crippen LogP) is -1.35. The van der Waals surface area contributed by atoms with Crippen LogP contribution in [0.4, 0.5) is 0 Å². The normalized spacial score (nSPS) is 6.17. The largest absolute Gasteiger partial charge is 3.00 e. The van der Waals surface area contributed by atoms with Crippen LogP contribution in [-0.2, 0) is 4.79 Å². The van der Waals surface area contributed by atoms with Gasteiger partial charge in [-0.1, -0.05) is 0 Å². The first kappa shape index (κ1) is 9.35. The topological polar surface area (TPSA) is 63.3 Å². The number of nitrogens with two attached hydrogens (primary N) is 1. The summed E-state index contributed by atoms with van der Waals surface area (Å²) in [4.78, 5) is 9.24. The van der Waals surface area contributed by atoms with Gasteiger partial charge in [0.25, 0.3) is 0 Å². The Morgan fingerprint density at radius 3 is 2.00 bits per heavy atom. The van der Waals surface area contributed by atoms with Crippen LogP contribution < -0.4 is 5.73 Å². The van der Waals surface area contributed by atoms with Crippen molar-refractivity contribution in [3.8, 4) is 0 Å². The van der Waals surface area contributed by atoms with E-state index in [2.05, 4.69) is 5.73 Å². The predicted molar refractivity (Wildman–Crippen MR) is 22.4 cm³/mol. The van der Waals surface area contributed by atoms with Crippen LogP contribution >= 0.6 is 0 Å². The van der Waals surface area contributed by atoms with Gasteiger partial charge in [-0.25, -0.2) is 0 Å². The molecule has 0 aliphatic heterocycles. The molecule has 6 heavy (non-hydrogen) atoms. The molecule has 0 unspecified atom stereocenters. The summed E-state index contributed by atoms with van der Waals surface area (Å²) in [7, 11) is 0. The monoisotopic (exact) mass is 102 g/mol. The number of carbonyl (C=O) groups is 1. The Kier molecular flexibility index (Phi) is 7.73. The minimum Gasteiger partial charge on any atom is -0.480 e. The van der Waals surface area contributed by atoms with Crippen LogP contribution in [0.5, 0.6) is 0 Å². The minimum atomic E-state index is -0.968. The fourth-order valence-electron chi connectivity index (χ4n) is 0. The second kappa shape index (κ2) is 4.96. The first-order valence-electron chi connectivity index (χ1n) is 1.19. The van der Waals surface area contributed by atoms with Gasteiger partial charge in [0.05, 0.1) is 6.54 Å². The van der Waals surface area contributed by atoms with Crippen molar-refractivity contribution in [1.29, 1.82) is 0 Å². The van der Waals surface area contributed by atoms with Crippen molar-refractivity contribution in [2.75, 3.05) is 6.54 Å². The molecule has 0 amide bonds. The molecule has 0 aliphatic rings. The van der Waals surface area contributed by atoms with Gasteiger partial charge in [0.2, 0.25) is 0 Å². The van der Waals surface area contributed by atoms with Gasteiger partial charge < -0.3 is 10.8 Å². The van der Waals surface area contributed by atoms with Crippen LogP contribution in [0, 0.1) is 0 Å². The molecule has 0 spiro atoms. The Morgan fingerprint density at radius 2 is 2.00 bits per heavy atom. The van der Waals surface area contributed by atoms with Gasteiger partial charge in [-0.05, 0) is 0 Å². The van der Waals surface area contributed by atoms with Gasteiger partial charge in [-0.3, -0.25) is 4.79 Å². The number of aliphatic carboxylic acids is 1. The van der Waals surface area contributed by atoms with E-state index in [9.17, 15) is 4.79 Å². The SMILES string of the molecule is NCC(=O)O.[Al+3]. The van der Waals surface area contributed by atoms with Crippen LogP contribution in [-0.4, -0.2) is 35.0 Å². The third-order valence-electron chi connectivity index (χ3n) is 0.175. The van der Waals surface area contributed by atoms with Gasteiger partial charge >= 0.3 is 23.3 Å². The summed E-state index contributed by atoms with van der Waals surface area (Å²) < 4.78 is 0. The molecule has 30 valence electrons. The second-order valence-corrected chi connectivity index (χ2v) is 0.598. The van der Waals surface area contributed by atoms with Gasteiger partial charge in [-0.2, -0.15) is 0 Å². The minimum absolute atomic E-state index is 0. The summed E-state index contributed by atoms with van der Waals surface area (Å²) in [6, 6.07) is 0. The fraction of sp³-hybridized carbons (Fsp3) is 0.500. The average molecular weight is 102 g/mol. The molecule has 0 radical (unpaired) electrons. The zero-order valence-electron chi connectivity index (χ0n) is 3.22. The van der Waals surface area contributed by atoms with Gasteiger partial charge in [0.15, 0.2) is 0 Å². The first-order chi connectivity index (χ1) is 2.27.